The summed E-state index contributed by atoms with van der Waals surface area (Å²) in [5.74, 6) is 0.774. The Morgan fingerprint density at radius 2 is 1.09 bits per heavy atom. The van der Waals surface area contributed by atoms with Gasteiger partial charge in [-0.2, -0.15) is 4.98 Å². The van der Waals surface area contributed by atoms with Crippen LogP contribution in [0.4, 0.5) is 17.2 Å². The fourth-order valence-corrected chi connectivity index (χ4v) is 6.16. The summed E-state index contributed by atoms with van der Waals surface area (Å²) < 4.78 is 12.5. The largest absolute Gasteiger partial charge is 0.456 e. The molecule has 9 rings (SSSR count). The van der Waals surface area contributed by atoms with E-state index < -0.39 is 0 Å². The molecule has 3 aromatic heterocycles. The molecule has 6 aromatic carbocycles. The van der Waals surface area contributed by atoms with E-state index >= 15 is 0 Å². The van der Waals surface area contributed by atoms with E-state index in [0.717, 1.165) is 66.4 Å². The molecule has 4 heteroatoms. The average molecular weight is 553 g/mol. The molecule has 0 unspecified atom stereocenters. The molecule has 0 fully saturated rings. The van der Waals surface area contributed by atoms with Crippen LogP contribution in [0.25, 0.3) is 65.9 Å². The monoisotopic (exact) mass is 552 g/mol. The summed E-state index contributed by atoms with van der Waals surface area (Å²) in [7, 11) is 0. The predicted octanol–water partition coefficient (Wildman–Crippen LogP) is 11.2. The molecule has 0 bridgehead atoms. The maximum Gasteiger partial charge on any atom is 0.229 e. The molecule has 0 saturated carbocycles. The molecule has 0 aliphatic rings. The van der Waals surface area contributed by atoms with E-state index in [1.165, 1.54) is 10.9 Å². The first-order valence-electron chi connectivity index (χ1n) is 14.4. The minimum atomic E-state index is 0.614. The van der Waals surface area contributed by atoms with Gasteiger partial charge in [0.05, 0.1) is 0 Å². The van der Waals surface area contributed by atoms with Crippen molar-refractivity contribution in [1.29, 1.82) is 0 Å². The van der Waals surface area contributed by atoms with E-state index in [1.54, 1.807) is 0 Å². The predicted molar refractivity (Wildman–Crippen MR) is 176 cm³/mol. The molecule has 43 heavy (non-hydrogen) atoms. The number of rotatable bonds is 4. The fraction of sp³-hybridized carbons (Fsp3) is 0. The number of pyridine rings is 1. The summed E-state index contributed by atoms with van der Waals surface area (Å²) >= 11 is 0. The van der Waals surface area contributed by atoms with Gasteiger partial charge in [-0.25, -0.2) is 0 Å². The summed E-state index contributed by atoms with van der Waals surface area (Å²) in [6, 6.07) is 50.4. The standard InChI is InChI=1S/C39H24N2O2/c1-2-8-25(9-3-1)26-14-16-29(17-15-26)41(30-18-20-36-34(24-30)31-12-6-7-13-35(31)42-36)38-21-19-32-33-22-27-10-4-5-11-28(27)23-37(33)43-39(32)40-38/h1-24H. The van der Waals surface area contributed by atoms with E-state index in [0.29, 0.717) is 5.71 Å². The van der Waals surface area contributed by atoms with Gasteiger partial charge in [0.15, 0.2) is 0 Å². The van der Waals surface area contributed by atoms with Crippen molar-refractivity contribution in [2.24, 2.45) is 0 Å². The van der Waals surface area contributed by atoms with Crippen LogP contribution in [-0.2, 0) is 0 Å². The number of furan rings is 2. The summed E-state index contributed by atoms with van der Waals surface area (Å²) in [5, 5.41) is 6.55. The Labute approximate surface area is 247 Å². The molecule has 0 radical (unpaired) electrons. The van der Waals surface area contributed by atoms with Crippen LogP contribution in [0.5, 0.6) is 0 Å². The normalized spacial score (nSPS) is 11.7. The van der Waals surface area contributed by atoms with Crippen molar-refractivity contribution in [2.45, 2.75) is 0 Å². The average Bonchev–Trinajstić information content (AvgIpc) is 3.61. The van der Waals surface area contributed by atoms with Gasteiger partial charge >= 0.3 is 0 Å². The molecule has 0 aliphatic carbocycles. The third kappa shape index (κ3) is 3.88. The topological polar surface area (TPSA) is 42.4 Å². The molecule has 0 spiro atoms. The van der Waals surface area contributed by atoms with Crippen molar-refractivity contribution in [2.75, 3.05) is 4.90 Å². The Bertz CT molecular complexity index is 2450. The van der Waals surface area contributed by atoms with Crippen molar-refractivity contribution in [3.63, 3.8) is 0 Å². The number of aromatic nitrogens is 1. The van der Waals surface area contributed by atoms with Crippen molar-refractivity contribution in [1.82, 2.24) is 4.98 Å². The van der Waals surface area contributed by atoms with Crippen LogP contribution >= 0.6 is 0 Å². The maximum atomic E-state index is 6.36. The zero-order chi connectivity index (χ0) is 28.3. The first-order valence-corrected chi connectivity index (χ1v) is 14.4. The summed E-state index contributed by atoms with van der Waals surface area (Å²) in [4.78, 5) is 7.28. The highest BCUT2D eigenvalue weighted by atomic mass is 16.3. The van der Waals surface area contributed by atoms with Crippen LogP contribution < -0.4 is 4.90 Å². The van der Waals surface area contributed by atoms with Gasteiger partial charge in [0.1, 0.15) is 22.6 Å². The lowest BCUT2D eigenvalue weighted by molar-refractivity contribution is 0.654. The van der Waals surface area contributed by atoms with Crippen molar-refractivity contribution in [3.8, 4) is 11.1 Å². The molecule has 0 atom stereocenters. The first-order chi connectivity index (χ1) is 21.3. The minimum Gasteiger partial charge on any atom is -0.456 e. The summed E-state index contributed by atoms with van der Waals surface area (Å²) in [6.45, 7) is 0. The maximum absolute atomic E-state index is 6.36. The quantitative estimate of drug-likeness (QED) is 0.218. The Hall–Kier alpha value is -5.87. The zero-order valence-corrected chi connectivity index (χ0v) is 23.1. The Kier molecular flexibility index (Phi) is 5.16. The SMILES string of the molecule is c1ccc(-c2ccc(N(c3ccc4oc5ccccc5c4c3)c3ccc4c(n3)oc3cc5ccccc5cc34)cc2)cc1. The smallest absolute Gasteiger partial charge is 0.229 e. The zero-order valence-electron chi connectivity index (χ0n) is 23.1. The van der Waals surface area contributed by atoms with Crippen LogP contribution in [0.1, 0.15) is 0 Å². The van der Waals surface area contributed by atoms with Crippen LogP contribution in [0.3, 0.4) is 0 Å². The van der Waals surface area contributed by atoms with Crippen molar-refractivity contribution >= 4 is 72.0 Å². The van der Waals surface area contributed by atoms with Crippen molar-refractivity contribution in [3.05, 3.63) is 146 Å². The lowest BCUT2D eigenvalue weighted by atomic mass is 10.0. The molecule has 9 aromatic rings. The van der Waals surface area contributed by atoms with E-state index in [9.17, 15) is 0 Å². The number of anilines is 3. The lowest BCUT2D eigenvalue weighted by Gasteiger charge is -2.24. The van der Waals surface area contributed by atoms with Crippen LogP contribution in [0, 0.1) is 0 Å². The third-order valence-corrected chi connectivity index (χ3v) is 8.27. The minimum absolute atomic E-state index is 0.614. The number of nitrogens with zero attached hydrogens (tertiary/aromatic N) is 2. The highest BCUT2D eigenvalue weighted by Gasteiger charge is 2.19. The van der Waals surface area contributed by atoms with Gasteiger partial charge in [-0.15, -0.1) is 0 Å². The number of fused-ring (bicyclic) bond motifs is 7. The number of hydrogen-bond acceptors (Lipinski definition) is 4. The summed E-state index contributed by atoms with van der Waals surface area (Å²) in [6.07, 6.45) is 0. The van der Waals surface area contributed by atoms with E-state index in [1.807, 2.05) is 36.4 Å². The molecule has 202 valence electrons. The fourth-order valence-electron chi connectivity index (χ4n) is 6.16. The van der Waals surface area contributed by atoms with Crippen LogP contribution in [-0.4, -0.2) is 4.98 Å². The van der Waals surface area contributed by atoms with Gasteiger partial charge in [-0.1, -0.05) is 84.9 Å². The van der Waals surface area contributed by atoms with Crippen LogP contribution in [0.15, 0.2) is 154 Å². The highest BCUT2D eigenvalue weighted by molar-refractivity contribution is 6.10. The number of hydrogen-bond donors (Lipinski definition) is 0. The lowest BCUT2D eigenvalue weighted by Crippen LogP contribution is -2.11. The first kappa shape index (κ1) is 23.8. The third-order valence-electron chi connectivity index (χ3n) is 8.27. The summed E-state index contributed by atoms with van der Waals surface area (Å²) in [5.41, 5.74) is 7.52. The van der Waals surface area contributed by atoms with E-state index in [4.69, 9.17) is 13.8 Å². The molecule has 0 saturated heterocycles. The second-order valence-electron chi connectivity index (χ2n) is 10.8. The Balaban J connectivity index is 1.23. The van der Waals surface area contributed by atoms with Gasteiger partial charge in [0.25, 0.3) is 0 Å². The Morgan fingerprint density at radius 1 is 0.419 bits per heavy atom. The van der Waals surface area contributed by atoms with Gasteiger partial charge in [-0.05, 0) is 82.6 Å². The number of benzene rings is 6. The Morgan fingerprint density at radius 3 is 1.95 bits per heavy atom. The molecule has 4 nitrogen and oxygen atoms in total. The van der Waals surface area contributed by atoms with E-state index in [2.05, 4.69) is 114 Å². The molecule has 0 N–H and O–H groups in total. The van der Waals surface area contributed by atoms with Gasteiger partial charge < -0.3 is 8.83 Å². The molecule has 3 heterocycles. The van der Waals surface area contributed by atoms with Gasteiger partial charge in [0.2, 0.25) is 5.71 Å². The molecular weight excluding hydrogens is 528 g/mol. The van der Waals surface area contributed by atoms with Crippen LogP contribution in [0.2, 0.25) is 0 Å². The highest BCUT2D eigenvalue weighted by Crippen LogP contribution is 2.40. The number of para-hydroxylation sites is 1. The van der Waals surface area contributed by atoms with E-state index in [-0.39, 0.29) is 0 Å². The van der Waals surface area contributed by atoms with Gasteiger partial charge in [0, 0.05) is 32.9 Å². The van der Waals surface area contributed by atoms with Gasteiger partial charge in [-0.3, -0.25) is 4.90 Å². The molecular formula is C39H24N2O2. The second-order valence-corrected chi connectivity index (χ2v) is 10.8. The molecule has 0 amide bonds. The second kappa shape index (κ2) is 9.33. The molecule has 0 aliphatic heterocycles. The van der Waals surface area contributed by atoms with Crippen molar-refractivity contribution < 1.29 is 8.83 Å².